The van der Waals surface area contributed by atoms with E-state index in [-0.39, 0.29) is 9.83 Å². The Morgan fingerprint density at radius 2 is 2.38 bits per heavy atom. The van der Waals surface area contributed by atoms with Crippen LogP contribution >= 0.6 is 34.2 Å². The Kier molecular flexibility index (Phi) is 3.32. The molecule has 0 radical (unpaired) electrons. The molecule has 1 heterocycles. The van der Waals surface area contributed by atoms with E-state index in [4.69, 9.17) is 11.6 Å². The van der Waals surface area contributed by atoms with Gasteiger partial charge in [-0.15, -0.1) is 0 Å². The first-order valence-electron chi connectivity index (χ1n) is 5.12. The van der Waals surface area contributed by atoms with Crippen LogP contribution in [0.15, 0.2) is 22.8 Å². The fourth-order valence-electron chi connectivity index (χ4n) is 2.13. The van der Waals surface area contributed by atoms with Gasteiger partial charge in [-0.05, 0) is 37.5 Å². The van der Waals surface area contributed by atoms with Crippen molar-refractivity contribution in [1.82, 2.24) is 5.32 Å². The zero-order chi connectivity index (χ0) is 11.9. The summed E-state index contributed by atoms with van der Waals surface area (Å²) in [4.78, 5) is 11.7. The minimum atomic E-state index is -1.60. The zero-order valence-corrected chi connectivity index (χ0v) is 11.7. The monoisotopic (exact) mass is 355 g/mol. The van der Waals surface area contributed by atoms with E-state index in [2.05, 4.69) is 27.9 Å². The van der Waals surface area contributed by atoms with E-state index in [0.29, 0.717) is 11.5 Å². The van der Waals surface area contributed by atoms with Gasteiger partial charge >= 0.3 is 0 Å². The van der Waals surface area contributed by atoms with E-state index in [1.165, 1.54) is 13.0 Å². The molecule has 1 fully saturated rings. The molecule has 3 unspecified atom stereocenters. The summed E-state index contributed by atoms with van der Waals surface area (Å²) in [5.74, 6) is -0.0932. The first-order chi connectivity index (χ1) is 7.40. The number of carbonyl (C=O) groups excluding carboxylic acids is 1. The van der Waals surface area contributed by atoms with Crippen molar-refractivity contribution in [3.8, 4) is 0 Å². The highest BCUT2D eigenvalue weighted by Gasteiger charge is 2.41. The molecule has 1 amide bonds. The fourth-order valence-corrected chi connectivity index (χ4v) is 2.97. The zero-order valence-electron chi connectivity index (χ0n) is 8.77. The Hall–Kier alpha value is -0.100. The Labute approximate surface area is 112 Å². The van der Waals surface area contributed by atoms with Crippen LogP contribution in [-0.2, 0) is 4.79 Å². The van der Waals surface area contributed by atoms with Crippen LogP contribution in [0.4, 0.5) is 4.39 Å². The number of hydrogen-bond donors (Lipinski definition) is 1. The SMILES string of the molecule is CC1(F)C=C(Cl)C=C2CCC(I)C(=O)NC21. The van der Waals surface area contributed by atoms with Crippen LogP contribution in [-0.4, -0.2) is 21.5 Å². The molecule has 1 N–H and O–H groups in total. The third-order valence-corrected chi connectivity index (χ3v) is 4.34. The van der Waals surface area contributed by atoms with Crippen LogP contribution in [0.25, 0.3) is 0 Å². The molecule has 0 bridgehead atoms. The largest absolute Gasteiger partial charge is 0.345 e. The maximum Gasteiger partial charge on any atom is 0.233 e. The number of rotatable bonds is 0. The van der Waals surface area contributed by atoms with Gasteiger partial charge in [-0.2, -0.15) is 0 Å². The highest BCUT2D eigenvalue weighted by Crippen LogP contribution is 2.36. The molecule has 1 aliphatic carbocycles. The van der Waals surface area contributed by atoms with Gasteiger partial charge in [0, 0.05) is 5.03 Å². The van der Waals surface area contributed by atoms with E-state index in [9.17, 15) is 9.18 Å². The first kappa shape index (κ1) is 12.4. The topological polar surface area (TPSA) is 29.1 Å². The van der Waals surface area contributed by atoms with E-state index < -0.39 is 11.7 Å². The summed E-state index contributed by atoms with van der Waals surface area (Å²) in [7, 11) is 0. The molecular weight excluding hydrogens is 343 g/mol. The average Bonchev–Trinajstić information content (AvgIpc) is 2.29. The van der Waals surface area contributed by atoms with Crippen molar-refractivity contribution in [3.63, 3.8) is 0 Å². The van der Waals surface area contributed by atoms with Crippen LogP contribution < -0.4 is 5.32 Å². The summed E-state index contributed by atoms with van der Waals surface area (Å²) < 4.78 is 14.2. The van der Waals surface area contributed by atoms with Gasteiger partial charge in [-0.25, -0.2) is 4.39 Å². The Morgan fingerprint density at radius 3 is 3.06 bits per heavy atom. The third-order valence-electron chi connectivity index (χ3n) is 2.94. The Balaban J connectivity index is 2.35. The van der Waals surface area contributed by atoms with Crippen molar-refractivity contribution in [1.29, 1.82) is 0 Å². The van der Waals surface area contributed by atoms with E-state index in [1.54, 1.807) is 6.08 Å². The predicted octanol–water partition coefficient (Wildman–Crippen LogP) is 2.86. The summed E-state index contributed by atoms with van der Waals surface area (Å²) in [5, 5.41) is 3.16. The second kappa shape index (κ2) is 4.29. The van der Waals surface area contributed by atoms with Crippen LogP contribution in [0.3, 0.4) is 0 Å². The van der Waals surface area contributed by atoms with Gasteiger partial charge in [0.25, 0.3) is 0 Å². The summed E-state index contributed by atoms with van der Waals surface area (Å²) in [6, 6.07) is -0.567. The summed E-state index contributed by atoms with van der Waals surface area (Å²) in [5.41, 5.74) is -0.720. The van der Waals surface area contributed by atoms with E-state index >= 15 is 0 Å². The molecule has 1 aliphatic heterocycles. The van der Waals surface area contributed by atoms with Gasteiger partial charge in [-0.1, -0.05) is 34.2 Å². The number of amides is 1. The molecule has 88 valence electrons. The molecule has 2 aliphatic rings. The highest BCUT2D eigenvalue weighted by atomic mass is 127. The lowest BCUT2D eigenvalue weighted by atomic mass is 9.86. The van der Waals surface area contributed by atoms with Crippen molar-refractivity contribution in [2.24, 2.45) is 0 Å². The average molecular weight is 356 g/mol. The molecule has 2 rings (SSSR count). The Morgan fingerprint density at radius 1 is 1.69 bits per heavy atom. The Bertz CT molecular complexity index is 391. The third kappa shape index (κ3) is 2.27. The minimum Gasteiger partial charge on any atom is -0.345 e. The van der Waals surface area contributed by atoms with Gasteiger partial charge in [0.05, 0.1) is 9.97 Å². The van der Waals surface area contributed by atoms with Crippen LogP contribution in [0.1, 0.15) is 19.8 Å². The minimum absolute atomic E-state index is 0.0932. The second-order valence-corrected chi connectivity index (χ2v) is 6.29. The predicted molar refractivity (Wildman–Crippen MR) is 70.5 cm³/mol. The van der Waals surface area contributed by atoms with Gasteiger partial charge < -0.3 is 5.32 Å². The van der Waals surface area contributed by atoms with Crippen molar-refractivity contribution in [3.05, 3.63) is 22.8 Å². The molecule has 0 aromatic heterocycles. The van der Waals surface area contributed by atoms with Crippen LogP contribution in [0.5, 0.6) is 0 Å². The maximum absolute atomic E-state index is 14.3. The van der Waals surface area contributed by atoms with Crippen LogP contribution in [0, 0.1) is 0 Å². The summed E-state index contributed by atoms with van der Waals surface area (Å²) in [6.07, 6.45) is 4.56. The van der Waals surface area contributed by atoms with Crippen molar-refractivity contribution >= 4 is 40.1 Å². The fraction of sp³-hybridized carbons (Fsp3) is 0.545. The number of allylic oxidation sites excluding steroid dienone is 2. The number of halogens is 3. The van der Waals surface area contributed by atoms with Gasteiger partial charge in [-0.3, -0.25) is 4.79 Å². The molecule has 0 aromatic carbocycles. The van der Waals surface area contributed by atoms with Crippen LogP contribution in [0.2, 0.25) is 0 Å². The molecule has 2 nitrogen and oxygen atoms in total. The lowest BCUT2D eigenvalue weighted by Gasteiger charge is -2.32. The number of carbonyl (C=O) groups is 1. The lowest BCUT2D eigenvalue weighted by molar-refractivity contribution is -0.121. The van der Waals surface area contributed by atoms with Crippen molar-refractivity contribution in [2.45, 2.75) is 35.4 Å². The molecule has 3 atom stereocenters. The van der Waals surface area contributed by atoms with Crippen molar-refractivity contribution in [2.75, 3.05) is 0 Å². The van der Waals surface area contributed by atoms with Gasteiger partial charge in [0.1, 0.15) is 0 Å². The normalized spacial score (nSPS) is 39.1. The smallest absolute Gasteiger partial charge is 0.233 e. The number of fused-ring (bicyclic) bond motifs is 1. The molecule has 5 heteroatoms. The molecule has 1 saturated heterocycles. The van der Waals surface area contributed by atoms with Gasteiger partial charge in [0.2, 0.25) is 5.91 Å². The maximum atomic E-state index is 14.3. The summed E-state index contributed by atoms with van der Waals surface area (Å²) >= 11 is 7.96. The van der Waals surface area contributed by atoms with Crippen molar-refractivity contribution < 1.29 is 9.18 Å². The molecular formula is C11H12ClFINO. The second-order valence-electron chi connectivity index (χ2n) is 4.35. The van der Waals surface area contributed by atoms with E-state index in [1.807, 2.05) is 0 Å². The summed E-state index contributed by atoms with van der Waals surface area (Å²) in [6.45, 7) is 1.45. The van der Waals surface area contributed by atoms with E-state index in [0.717, 1.165) is 12.0 Å². The number of hydrogen-bond acceptors (Lipinski definition) is 1. The first-order valence-corrected chi connectivity index (χ1v) is 6.75. The highest BCUT2D eigenvalue weighted by molar-refractivity contribution is 14.1. The number of alkyl halides is 2. The molecule has 0 spiro atoms. The number of nitrogens with one attached hydrogen (secondary N) is 1. The lowest BCUT2D eigenvalue weighted by Crippen LogP contribution is -2.50. The molecule has 16 heavy (non-hydrogen) atoms. The molecule has 0 aromatic rings. The van der Waals surface area contributed by atoms with Gasteiger partial charge in [0.15, 0.2) is 5.67 Å². The standard InChI is InChI=1S/C11H12ClFINO/c1-11(13)5-7(12)4-6-2-3-8(14)10(16)15-9(6)11/h4-5,8-9H,2-3H2,1H3,(H,15,16). The quantitative estimate of drug-likeness (QED) is 0.525. The molecule has 0 saturated carbocycles.